The van der Waals surface area contributed by atoms with Crippen LogP contribution in [0.3, 0.4) is 0 Å². The quantitative estimate of drug-likeness (QED) is 0.465. The van der Waals surface area contributed by atoms with Crippen molar-refractivity contribution in [3.05, 3.63) is 12.2 Å². The molecule has 0 aromatic heterocycles. The number of allylic oxidation sites excluding steroid dienone is 1. The van der Waals surface area contributed by atoms with Crippen molar-refractivity contribution in [2.24, 2.45) is 5.73 Å². The van der Waals surface area contributed by atoms with Crippen molar-refractivity contribution >= 4 is 0 Å². The van der Waals surface area contributed by atoms with Crippen LogP contribution in [-0.4, -0.2) is 31.6 Å². The van der Waals surface area contributed by atoms with Crippen molar-refractivity contribution in [2.75, 3.05) is 26.7 Å². The largest absolute Gasteiger partial charge is 0.330 e. The summed E-state index contributed by atoms with van der Waals surface area (Å²) in [4.78, 5) is 2.36. The second-order valence-corrected chi connectivity index (χ2v) is 3.16. The highest BCUT2D eigenvalue weighted by Gasteiger charge is 1.94. The molecule has 0 saturated heterocycles. The molecule has 0 unspecified atom stereocenters. The zero-order chi connectivity index (χ0) is 9.23. The number of rotatable bonds is 7. The van der Waals surface area contributed by atoms with Crippen LogP contribution >= 0.6 is 0 Å². The average molecular weight is 170 g/mol. The SMILES string of the molecule is C/C=C\CCN(C)CCCCN. The molecule has 0 rings (SSSR count). The minimum absolute atomic E-state index is 0.822. The first kappa shape index (κ1) is 11.7. The molecule has 12 heavy (non-hydrogen) atoms. The second kappa shape index (κ2) is 8.75. The van der Waals surface area contributed by atoms with Crippen molar-refractivity contribution in [1.82, 2.24) is 4.90 Å². The van der Waals surface area contributed by atoms with Gasteiger partial charge >= 0.3 is 0 Å². The van der Waals surface area contributed by atoms with Crippen LogP contribution in [0, 0.1) is 0 Å². The minimum Gasteiger partial charge on any atom is -0.330 e. The van der Waals surface area contributed by atoms with E-state index in [4.69, 9.17) is 5.73 Å². The van der Waals surface area contributed by atoms with Crippen molar-refractivity contribution < 1.29 is 0 Å². The number of hydrogen-bond acceptors (Lipinski definition) is 2. The lowest BCUT2D eigenvalue weighted by Crippen LogP contribution is -2.21. The lowest BCUT2D eigenvalue weighted by Gasteiger charge is -2.14. The minimum atomic E-state index is 0.822. The van der Waals surface area contributed by atoms with Gasteiger partial charge < -0.3 is 10.6 Å². The molecule has 0 spiro atoms. The summed E-state index contributed by atoms with van der Waals surface area (Å²) in [5.74, 6) is 0. The standard InChI is InChI=1S/C10H22N2/c1-3-4-6-9-12(2)10-7-5-8-11/h3-4H,5-11H2,1-2H3/b4-3-. The van der Waals surface area contributed by atoms with Gasteiger partial charge in [-0.2, -0.15) is 0 Å². The summed E-state index contributed by atoms with van der Waals surface area (Å²) in [7, 11) is 2.17. The normalized spacial score (nSPS) is 11.7. The lowest BCUT2D eigenvalue weighted by atomic mass is 10.3. The summed E-state index contributed by atoms with van der Waals surface area (Å²) < 4.78 is 0. The smallest absolute Gasteiger partial charge is 0.00128 e. The molecular weight excluding hydrogens is 148 g/mol. The highest BCUT2D eigenvalue weighted by atomic mass is 15.1. The first-order valence-electron chi connectivity index (χ1n) is 4.81. The van der Waals surface area contributed by atoms with Crippen LogP contribution in [-0.2, 0) is 0 Å². The van der Waals surface area contributed by atoms with Crippen LogP contribution in [0.2, 0.25) is 0 Å². The fourth-order valence-electron chi connectivity index (χ4n) is 1.10. The Labute approximate surface area is 76.4 Å². The molecule has 0 fully saturated rings. The second-order valence-electron chi connectivity index (χ2n) is 3.16. The van der Waals surface area contributed by atoms with Crippen LogP contribution in [0.15, 0.2) is 12.2 Å². The van der Waals surface area contributed by atoms with Crippen molar-refractivity contribution in [3.8, 4) is 0 Å². The highest BCUT2D eigenvalue weighted by Crippen LogP contribution is 1.93. The van der Waals surface area contributed by atoms with Gasteiger partial charge in [0.25, 0.3) is 0 Å². The number of unbranched alkanes of at least 4 members (excludes halogenated alkanes) is 1. The van der Waals surface area contributed by atoms with Crippen molar-refractivity contribution in [3.63, 3.8) is 0 Å². The molecule has 0 aliphatic carbocycles. The molecule has 0 radical (unpaired) electrons. The Bertz CT molecular complexity index is 110. The van der Waals surface area contributed by atoms with E-state index in [1.807, 2.05) is 0 Å². The molecular formula is C10H22N2. The predicted molar refractivity (Wildman–Crippen MR) is 55.2 cm³/mol. The van der Waals surface area contributed by atoms with Gasteiger partial charge in [-0.1, -0.05) is 12.2 Å². The van der Waals surface area contributed by atoms with Crippen molar-refractivity contribution in [2.45, 2.75) is 26.2 Å². The van der Waals surface area contributed by atoms with E-state index in [-0.39, 0.29) is 0 Å². The third kappa shape index (κ3) is 7.76. The summed E-state index contributed by atoms with van der Waals surface area (Å²) in [6, 6.07) is 0. The Hall–Kier alpha value is -0.340. The van der Waals surface area contributed by atoms with Gasteiger partial charge in [-0.15, -0.1) is 0 Å². The molecule has 0 amide bonds. The number of hydrogen-bond donors (Lipinski definition) is 1. The highest BCUT2D eigenvalue weighted by molar-refractivity contribution is 4.77. The molecule has 0 bridgehead atoms. The molecule has 2 heteroatoms. The summed E-state index contributed by atoms with van der Waals surface area (Å²) >= 11 is 0. The topological polar surface area (TPSA) is 29.3 Å². The van der Waals surface area contributed by atoms with Gasteiger partial charge in [0.2, 0.25) is 0 Å². The van der Waals surface area contributed by atoms with Gasteiger partial charge in [0.05, 0.1) is 0 Å². The molecule has 72 valence electrons. The van der Waals surface area contributed by atoms with Crippen LogP contribution in [0.25, 0.3) is 0 Å². The monoisotopic (exact) mass is 170 g/mol. The van der Waals surface area contributed by atoms with Crippen LogP contribution < -0.4 is 5.73 Å². The van der Waals surface area contributed by atoms with Gasteiger partial charge in [-0.05, 0) is 46.3 Å². The van der Waals surface area contributed by atoms with E-state index in [1.54, 1.807) is 0 Å². The molecule has 0 heterocycles. The first-order chi connectivity index (χ1) is 5.81. The zero-order valence-corrected chi connectivity index (χ0v) is 8.42. The van der Waals surface area contributed by atoms with E-state index < -0.39 is 0 Å². The summed E-state index contributed by atoms with van der Waals surface area (Å²) in [5.41, 5.74) is 5.41. The molecule has 0 saturated carbocycles. The summed E-state index contributed by atoms with van der Waals surface area (Å²) in [5, 5.41) is 0. The van der Waals surface area contributed by atoms with Gasteiger partial charge in [0.15, 0.2) is 0 Å². The Kier molecular flexibility index (Phi) is 8.51. The van der Waals surface area contributed by atoms with E-state index in [1.165, 1.54) is 13.0 Å². The van der Waals surface area contributed by atoms with Crippen LogP contribution in [0.4, 0.5) is 0 Å². The fourth-order valence-corrected chi connectivity index (χ4v) is 1.10. The Morgan fingerprint density at radius 1 is 1.25 bits per heavy atom. The first-order valence-corrected chi connectivity index (χ1v) is 4.81. The maximum absolute atomic E-state index is 5.41. The summed E-state index contributed by atoms with van der Waals surface area (Å²) in [6.45, 7) is 5.22. The molecule has 2 N–H and O–H groups in total. The van der Waals surface area contributed by atoms with Crippen molar-refractivity contribution in [1.29, 1.82) is 0 Å². The molecule has 2 nitrogen and oxygen atoms in total. The van der Waals surface area contributed by atoms with Crippen LogP contribution in [0.5, 0.6) is 0 Å². The fraction of sp³-hybridized carbons (Fsp3) is 0.800. The van der Waals surface area contributed by atoms with Gasteiger partial charge in [0, 0.05) is 6.54 Å². The maximum atomic E-state index is 5.41. The Balaban J connectivity index is 3.15. The van der Waals surface area contributed by atoms with E-state index in [0.717, 1.165) is 25.9 Å². The average Bonchev–Trinajstić information content (AvgIpc) is 2.06. The third-order valence-electron chi connectivity index (χ3n) is 1.91. The molecule has 0 aromatic carbocycles. The maximum Gasteiger partial charge on any atom is 0.00128 e. The van der Waals surface area contributed by atoms with E-state index >= 15 is 0 Å². The van der Waals surface area contributed by atoms with Gasteiger partial charge in [0.1, 0.15) is 0 Å². The molecule has 0 atom stereocenters. The van der Waals surface area contributed by atoms with E-state index in [2.05, 4.69) is 31.0 Å². The third-order valence-corrected chi connectivity index (χ3v) is 1.91. The number of nitrogens with two attached hydrogens (primary N) is 1. The molecule has 0 aromatic rings. The van der Waals surface area contributed by atoms with Crippen LogP contribution in [0.1, 0.15) is 26.2 Å². The number of nitrogens with zero attached hydrogens (tertiary/aromatic N) is 1. The zero-order valence-electron chi connectivity index (χ0n) is 8.42. The van der Waals surface area contributed by atoms with Gasteiger partial charge in [-0.3, -0.25) is 0 Å². The lowest BCUT2D eigenvalue weighted by molar-refractivity contribution is 0.333. The molecule has 0 aliphatic rings. The predicted octanol–water partition coefficient (Wildman–Crippen LogP) is 1.62. The van der Waals surface area contributed by atoms with Gasteiger partial charge in [-0.25, -0.2) is 0 Å². The van der Waals surface area contributed by atoms with E-state index in [0.29, 0.717) is 0 Å². The Morgan fingerprint density at radius 3 is 2.58 bits per heavy atom. The molecule has 0 aliphatic heterocycles. The Morgan fingerprint density at radius 2 is 2.00 bits per heavy atom. The van der Waals surface area contributed by atoms with E-state index in [9.17, 15) is 0 Å². The summed E-state index contributed by atoms with van der Waals surface area (Å²) in [6.07, 6.45) is 7.85.